The minimum Gasteiger partial charge on any atom is -0.455 e. The van der Waals surface area contributed by atoms with Crippen molar-refractivity contribution in [2.45, 2.75) is 6.92 Å². The Morgan fingerprint density at radius 3 is 2.50 bits per heavy atom. The van der Waals surface area contributed by atoms with Crippen LogP contribution in [0.25, 0.3) is 0 Å². The molecular formula is C14H14ClNO2. The molecule has 0 unspecified atom stereocenters. The number of nitrogen functional groups attached to an aromatic ring is 1. The summed E-state index contributed by atoms with van der Waals surface area (Å²) >= 11 is 0. The summed E-state index contributed by atoms with van der Waals surface area (Å²) in [6.07, 6.45) is 0. The van der Waals surface area contributed by atoms with Gasteiger partial charge in [0.2, 0.25) is 0 Å². The number of anilines is 1. The van der Waals surface area contributed by atoms with Crippen LogP contribution in [0.15, 0.2) is 48.5 Å². The maximum atomic E-state index is 11.2. The van der Waals surface area contributed by atoms with Gasteiger partial charge in [0.1, 0.15) is 11.5 Å². The van der Waals surface area contributed by atoms with Gasteiger partial charge in [-0.05, 0) is 31.2 Å². The van der Waals surface area contributed by atoms with E-state index in [1.54, 1.807) is 36.4 Å². The average Bonchev–Trinajstić information content (AvgIpc) is 2.32. The quantitative estimate of drug-likeness (QED) is 0.679. The van der Waals surface area contributed by atoms with Crippen LogP contribution in [-0.4, -0.2) is 5.78 Å². The Hall–Kier alpha value is -2.00. The molecule has 0 spiro atoms. The molecule has 0 fully saturated rings. The molecule has 2 rings (SSSR count). The van der Waals surface area contributed by atoms with E-state index in [4.69, 9.17) is 10.5 Å². The maximum Gasteiger partial charge on any atom is 0.159 e. The first-order chi connectivity index (χ1) is 8.16. The summed E-state index contributed by atoms with van der Waals surface area (Å²) in [4.78, 5) is 11.2. The number of ketones is 1. The van der Waals surface area contributed by atoms with Gasteiger partial charge < -0.3 is 10.5 Å². The monoisotopic (exact) mass is 263 g/mol. The number of Topliss-reactive ketones (excluding diaryl/α,β-unsaturated/α-hetero) is 1. The highest BCUT2D eigenvalue weighted by Gasteiger charge is 2.04. The van der Waals surface area contributed by atoms with E-state index in [-0.39, 0.29) is 18.2 Å². The van der Waals surface area contributed by atoms with Gasteiger partial charge in [0.05, 0.1) is 5.69 Å². The lowest BCUT2D eigenvalue weighted by Gasteiger charge is -2.08. The number of ether oxygens (including phenoxy) is 1. The van der Waals surface area contributed by atoms with Gasteiger partial charge in [-0.3, -0.25) is 4.79 Å². The van der Waals surface area contributed by atoms with Crippen molar-refractivity contribution < 1.29 is 9.53 Å². The van der Waals surface area contributed by atoms with Gasteiger partial charge in [0, 0.05) is 5.56 Å². The molecule has 2 N–H and O–H groups in total. The Morgan fingerprint density at radius 1 is 1.11 bits per heavy atom. The topological polar surface area (TPSA) is 52.3 Å². The van der Waals surface area contributed by atoms with Gasteiger partial charge in [0.25, 0.3) is 0 Å². The molecule has 0 radical (unpaired) electrons. The number of halogens is 1. The Labute approximate surface area is 112 Å². The van der Waals surface area contributed by atoms with Crippen LogP contribution in [0.2, 0.25) is 0 Å². The van der Waals surface area contributed by atoms with Gasteiger partial charge in [-0.25, -0.2) is 0 Å². The number of benzene rings is 2. The first-order valence-corrected chi connectivity index (χ1v) is 5.30. The largest absolute Gasteiger partial charge is 0.455 e. The van der Waals surface area contributed by atoms with Crippen molar-refractivity contribution in [2.75, 3.05) is 5.73 Å². The van der Waals surface area contributed by atoms with Gasteiger partial charge in [-0.1, -0.05) is 24.3 Å². The minimum absolute atomic E-state index is 0. The number of carbonyl (C=O) groups is 1. The van der Waals surface area contributed by atoms with Gasteiger partial charge in [-0.15, -0.1) is 12.4 Å². The zero-order chi connectivity index (χ0) is 12.3. The summed E-state index contributed by atoms with van der Waals surface area (Å²) in [5.41, 5.74) is 6.97. The number of nitrogens with two attached hydrogens (primary N) is 1. The Morgan fingerprint density at radius 2 is 1.83 bits per heavy atom. The van der Waals surface area contributed by atoms with Gasteiger partial charge >= 0.3 is 0 Å². The smallest absolute Gasteiger partial charge is 0.159 e. The molecule has 0 aliphatic carbocycles. The molecule has 0 aliphatic heterocycles. The van der Waals surface area contributed by atoms with Crippen molar-refractivity contribution >= 4 is 23.9 Å². The van der Waals surface area contributed by atoms with Crippen molar-refractivity contribution in [1.82, 2.24) is 0 Å². The SMILES string of the molecule is CC(=O)c1cccc(Oc2ccccc2N)c1.Cl. The third-order valence-corrected chi connectivity index (χ3v) is 2.39. The van der Waals surface area contributed by atoms with Crippen LogP contribution in [0.3, 0.4) is 0 Å². The normalized spacial score (nSPS) is 9.39. The zero-order valence-electron chi connectivity index (χ0n) is 9.92. The number of hydrogen-bond donors (Lipinski definition) is 1. The molecular weight excluding hydrogens is 250 g/mol. The van der Waals surface area contributed by atoms with Crippen molar-refractivity contribution in [2.24, 2.45) is 0 Å². The lowest BCUT2D eigenvalue weighted by Crippen LogP contribution is -1.94. The molecule has 0 aliphatic rings. The van der Waals surface area contributed by atoms with E-state index in [0.29, 0.717) is 22.7 Å². The van der Waals surface area contributed by atoms with Crippen LogP contribution in [0.1, 0.15) is 17.3 Å². The summed E-state index contributed by atoms with van der Waals surface area (Å²) < 4.78 is 5.62. The average molecular weight is 264 g/mol. The molecule has 0 heterocycles. The molecule has 0 saturated heterocycles. The highest BCUT2D eigenvalue weighted by molar-refractivity contribution is 5.94. The summed E-state index contributed by atoms with van der Waals surface area (Å²) in [5, 5.41) is 0. The molecule has 0 saturated carbocycles. The Bertz CT molecular complexity index is 555. The van der Waals surface area contributed by atoms with Gasteiger partial charge in [0.15, 0.2) is 5.78 Å². The van der Waals surface area contributed by atoms with E-state index in [1.807, 2.05) is 12.1 Å². The second kappa shape index (κ2) is 6.07. The lowest BCUT2D eigenvalue weighted by molar-refractivity contribution is 0.101. The molecule has 0 bridgehead atoms. The predicted octanol–water partition coefficient (Wildman–Crippen LogP) is 3.69. The molecule has 0 atom stereocenters. The van der Waals surface area contributed by atoms with E-state index < -0.39 is 0 Å². The molecule has 2 aromatic rings. The van der Waals surface area contributed by atoms with Crippen LogP contribution in [0, 0.1) is 0 Å². The third-order valence-electron chi connectivity index (χ3n) is 2.39. The standard InChI is InChI=1S/C14H13NO2.ClH/c1-10(16)11-5-4-6-12(9-11)17-14-8-3-2-7-13(14)15;/h2-9H,15H2,1H3;1H. The zero-order valence-corrected chi connectivity index (χ0v) is 10.7. The summed E-state index contributed by atoms with van der Waals surface area (Å²) in [5.74, 6) is 1.21. The first kappa shape index (κ1) is 14.1. The molecule has 4 heteroatoms. The highest BCUT2D eigenvalue weighted by atomic mass is 35.5. The highest BCUT2D eigenvalue weighted by Crippen LogP contribution is 2.27. The molecule has 94 valence electrons. The summed E-state index contributed by atoms with van der Waals surface area (Å²) in [6.45, 7) is 1.52. The second-order valence-corrected chi connectivity index (χ2v) is 3.72. The van der Waals surface area contributed by atoms with Crippen LogP contribution in [0.5, 0.6) is 11.5 Å². The predicted molar refractivity (Wildman–Crippen MR) is 74.6 cm³/mol. The summed E-state index contributed by atoms with van der Waals surface area (Å²) in [7, 11) is 0. The Balaban J connectivity index is 0.00000162. The summed E-state index contributed by atoms with van der Waals surface area (Å²) in [6, 6.07) is 14.3. The van der Waals surface area contributed by atoms with E-state index in [2.05, 4.69) is 0 Å². The first-order valence-electron chi connectivity index (χ1n) is 5.30. The van der Waals surface area contributed by atoms with Crippen molar-refractivity contribution in [3.63, 3.8) is 0 Å². The molecule has 0 amide bonds. The van der Waals surface area contributed by atoms with E-state index >= 15 is 0 Å². The molecule has 0 aromatic heterocycles. The number of para-hydroxylation sites is 2. The third kappa shape index (κ3) is 3.25. The minimum atomic E-state index is 0. The lowest BCUT2D eigenvalue weighted by atomic mass is 10.1. The van der Waals surface area contributed by atoms with Crippen LogP contribution in [-0.2, 0) is 0 Å². The van der Waals surface area contributed by atoms with Crippen LogP contribution < -0.4 is 10.5 Å². The molecule has 2 aromatic carbocycles. The molecule has 18 heavy (non-hydrogen) atoms. The van der Waals surface area contributed by atoms with Crippen molar-refractivity contribution in [3.05, 3.63) is 54.1 Å². The van der Waals surface area contributed by atoms with Crippen LogP contribution >= 0.6 is 12.4 Å². The van der Waals surface area contributed by atoms with Crippen LogP contribution in [0.4, 0.5) is 5.69 Å². The van der Waals surface area contributed by atoms with Crippen molar-refractivity contribution in [3.8, 4) is 11.5 Å². The fraction of sp³-hybridized carbons (Fsp3) is 0.0714. The fourth-order valence-corrected chi connectivity index (χ4v) is 1.48. The number of hydrogen-bond acceptors (Lipinski definition) is 3. The van der Waals surface area contributed by atoms with Crippen molar-refractivity contribution in [1.29, 1.82) is 0 Å². The maximum absolute atomic E-state index is 11.2. The van der Waals surface area contributed by atoms with E-state index in [0.717, 1.165) is 0 Å². The second-order valence-electron chi connectivity index (χ2n) is 3.72. The van der Waals surface area contributed by atoms with Gasteiger partial charge in [-0.2, -0.15) is 0 Å². The molecule has 3 nitrogen and oxygen atoms in total. The van der Waals surface area contributed by atoms with E-state index in [9.17, 15) is 4.79 Å². The number of carbonyl (C=O) groups excluding carboxylic acids is 1. The Kier molecular flexibility index (Phi) is 4.75. The van der Waals surface area contributed by atoms with E-state index in [1.165, 1.54) is 6.92 Å². The number of rotatable bonds is 3. The fourth-order valence-electron chi connectivity index (χ4n) is 1.48.